The van der Waals surface area contributed by atoms with Gasteiger partial charge >= 0.3 is 5.97 Å². The topological polar surface area (TPSA) is 77.9 Å². The van der Waals surface area contributed by atoms with E-state index in [1.165, 1.54) is 22.6 Å². The molecule has 0 fully saturated rings. The van der Waals surface area contributed by atoms with Gasteiger partial charge in [-0.15, -0.1) is 0 Å². The van der Waals surface area contributed by atoms with Crippen LogP contribution in [0.5, 0.6) is 0 Å². The Hall–Kier alpha value is -0.660. The third-order valence-corrected chi connectivity index (χ3v) is 4.88. The van der Waals surface area contributed by atoms with E-state index in [1.54, 1.807) is 20.8 Å². The second-order valence-corrected chi connectivity index (χ2v) is 6.30. The normalized spacial score (nSPS) is 14.6. The molecule has 0 aromatic carbocycles. The molecule has 102 valence electrons. The second-order valence-electron chi connectivity index (χ2n) is 4.31. The standard InChI is InChI=1S/C10H22N2O4S/c1-6-12(7-9(4)10(13)14)17(15,16)11(5)8(2)3/h8-9H,6-7H2,1-5H3,(H,13,14). The van der Waals surface area contributed by atoms with Crippen LogP contribution in [0.1, 0.15) is 27.7 Å². The van der Waals surface area contributed by atoms with Crippen molar-refractivity contribution >= 4 is 16.2 Å². The quantitative estimate of drug-likeness (QED) is 0.732. The Morgan fingerprint density at radius 1 is 1.29 bits per heavy atom. The highest BCUT2D eigenvalue weighted by Gasteiger charge is 2.29. The van der Waals surface area contributed by atoms with Crippen molar-refractivity contribution in [2.75, 3.05) is 20.1 Å². The summed E-state index contributed by atoms with van der Waals surface area (Å²) in [5.74, 6) is -1.71. The first-order chi connectivity index (χ1) is 7.64. The van der Waals surface area contributed by atoms with Gasteiger partial charge in [0.25, 0.3) is 10.2 Å². The Morgan fingerprint density at radius 2 is 1.76 bits per heavy atom. The van der Waals surface area contributed by atoms with Gasteiger partial charge in [0.05, 0.1) is 5.92 Å². The van der Waals surface area contributed by atoms with Gasteiger partial charge in [-0.3, -0.25) is 4.79 Å². The van der Waals surface area contributed by atoms with Crippen molar-refractivity contribution in [2.24, 2.45) is 5.92 Å². The lowest BCUT2D eigenvalue weighted by Crippen LogP contribution is -2.46. The summed E-state index contributed by atoms with van der Waals surface area (Å²) in [6, 6.07) is -0.158. The average molecular weight is 266 g/mol. The number of rotatable bonds is 7. The molecule has 1 atom stereocenters. The molecule has 6 nitrogen and oxygen atoms in total. The first-order valence-electron chi connectivity index (χ1n) is 5.60. The SMILES string of the molecule is CCN(CC(C)C(=O)O)S(=O)(=O)N(C)C(C)C. The van der Waals surface area contributed by atoms with Crippen molar-refractivity contribution in [1.29, 1.82) is 0 Å². The molecule has 7 heteroatoms. The summed E-state index contributed by atoms with van der Waals surface area (Å²) in [7, 11) is -2.08. The molecule has 0 aromatic rings. The third-order valence-electron chi connectivity index (χ3n) is 2.67. The van der Waals surface area contributed by atoms with Crippen molar-refractivity contribution in [3.63, 3.8) is 0 Å². The fraction of sp³-hybridized carbons (Fsp3) is 0.900. The molecule has 0 bridgehead atoms. The van der Waals surface area contributed by atoms with Crippen LogP contribution >= 0.6 is 0 Å². The average Bonchev–Trinajstić information content (AvgIpc) is 2.23. The molecular weight excluding hydrogens is 244 g/mol. The van der Waals surface area contributed by atoms with Gasteiger partial charge in [-0.1, -0.05) is 13.8 Å². The maximum Gasteiger partial charge on any atom is 0.307 e. The van der Waals surface area contributed by atoms with Crippen molar-refractivity contribution in [2.45, 2.75) is 33.7 Å². The number of hydrogen-bond acceptors (Lipinski definition) is 3. The lowest BCUT2D eigenvalue weighted by molar-refractivity contribution is -0.141. The van der Waals surface area contributed by atoms with Gasteiger partial charge in [-0.25, -0.2) is 0 Å². The third kappa shape index (κ3) is 4.25. The maximum atomic E-state index is 12.1. The van der Waals surface area contributed by atoms with E-state index in [0.29, 0.717) is 0 Å². The van der Waals surface area contributed by atoms with E-state index in [2.05, 4.69) is 0 Å². The van der Waals surface area contributed by atoms with Gasteiger partial charge in [0.2, 0.25) is 0 Å². The second kappa shape index (κ2) is 6.32. The molecule has 0 saturated heterocycles. The fourth-order valence-electron chi connectivity index (χ4n) is 1.22. The van der Waals surface area contributed by atoms with E-state index in [1.807, 2.05) is 0 Å². The van der Waals surface area contributed by atoms with E-state index < -0.39 is 22.1 Å². The zero-order valence-electron chi connectivity index (χ0n) is 11.0. The number of aliphatic carboxylic acids is 1. The zero-order valence-corrected chi connectivity index (χ0v) is 11.9. The summed E-state index contributed by atoms with van der Waals surface area (Å²) < 4.78 is 26.7. The summed E-state index contributed by atoms with van der Waals surface area (Å²) in [5.41, 5.74) is 0. The van der Waals surface area contributed by atoms with E-state index in [9.17, 15) is 13.2 Å². The van der Waals surface area contributed by atoms with Gasteiger partial charge < -0.3 is 5.11 Å². The zero-order chi connectivity index (χ0) is 13.8. The molecule has 0 aromatic heterocycles. The minimum absolute atomic E-state index is 0.00870. The number of hydrogen-bond donors (Lipinski definition) is 1. The Bertz CT molecular complexity index is 353. The minimum atomic E-state index is -3.58. The van der Waals surface area contributed by atoms with Crippen LogP contribution in [0.25, 0.3) is 0 Å². The lowest BCUT2D eigenvalue weighted by atomic mass is 10.2. The first-order valence-corrected chi connectivity index (χ1v) is 7.00. The van der Waals surface area contributed by atoms with Crippen LogP contribution in [0.4, 0.5) is 0 Å². The van der Waals surface area contributed by atoms with Gasteiger partial charge in [-0.05, 0) is 13.8 Å². The van der Waals surface area contributed by atoms with Crippen LogP contribution in [0.3, 0.4) is 0 Å². The summed E-state index contributed by atoms with van der Waals surface area (Å²) in [5, 5.41) is 8.80. The van der Waals surface area contributed by atoms with Crippen LogP contribution in [-0.4, -0.2) is 54.3 Å². The van der Waals surface area contributed by atoms with E-state index in [-0.39, 0.29) is 19.1 Å². The number of carboxylic acids is 1. The molecule has 0 radical (unpaired) electrons. The Morgan fingerprint density at radius 3 is 2.06 bits per heavy atom. The molecule has 1 N–H and O–H groups in total. The molecule has 0 heterocycles. The monoisotopic (exact) mass is 266 g/mol. The van der Waals surface area contributed by atoms with Crippen LogP contribution in [0.15, 0.2) is 0 Å². The minimum Gasteiger partial charge on any atom is -0.481 e. The van der Waals surface area contributed by atoms with Gasteiger partial charge in [0.1, 0.15) is 0 Å². The maximum absolute atomic E-state index is 12.1. The first kappa shape index (κ1) is 16.3. The summed E-state index contributed by atoms with van der Waals surface area (Å²) in [4.78, 5) is 10.7. The molecule has 0 aliphatic carbocycles. The summed E-state index contributed by atoms with van der Waals surface area (Å²) >= 11 is 0. The highest BCUT2D eigenvalue weighted by Crippen LogP contribution is 2.12. The van der Waals surface area contributed by atoms with Gasteiger partial charge in [-0.2, -0.15) is 17.0 Å². The van der Waals surface area contributed by atoms with Gasteiger partial charge in [0, 0.05) is 26.2 Å². The van der Waals surface area contributed by atoms with Crippen molar-refractivity contribution < 1.29 is 18.3 Å². The van der Waals surface area contributed by atoms with Crippen LogP contribution in [-0.2, 0) is 15.0 Å². The van der Waals surface area contributed by atoms with Crippen molar-refractivity contribution in [3.8, 4) is 0 Å². The van der Waals surface area contributed by atoms with E-state index in [0.717, 1.165) is 0 Å². The predicted octanol–water partition coefficient (Wildman–Crippen LogP) is 0.614. The highest BCUT2D eigenvalue weighted by molar-refractivity contribution is 7.86. The number of nitrogens with zero attached hydrogens (tertiary/aromatic N) is 2. The molecule has 0 spiro atoms. The largest absolute Gasteiger partial charge is 0.481 e. The molecule has 0 aliphatic rings. The van der Waals surface area contributed by atoms with Crippen molar-refractivity contribution in [3.05, 3.63) is 0 Å². The summed E-state index contributed by atoms with van der Waals surface area (Å²) in [6.07, 6.45) is 0. The van der Waals surface area contributed by atoms with E-state index in [4.69, 9.17) is 5.11 Å². The Kier molecular flexibility index (Phi) is 6.08. The Balaban J connectivity index is 4.94. The molecular formula is C10H22N2O4S. The van der Waals surface area contributed by atoms with Crippen LogP contribution < -0.4 is 0 Å². The Labute approximate surface area is 103 Å². The van der Waals surface area contributed by atoms with Crippen LogP contribution in [0.2, 0.25) is 0 Å². The lowest BCUT2D eigenvalue weighted by Gasteiger charge is -2.29. The molecule has 17 heavy (non-hydrogen) atoms. The number of carbonyl (C=O) groups is 1. The van der Waals surface area contributed by atoms with Gasteiger partial charge in [0.15, 0.2) is 0 Å². The molecule has 0 aliphatic heterocycles. The molecule has 0 saturated carbocycles. The molecule has 1 unspecified atom stereocenters. The number of carboxylic acid groups (broad SMARTS) is 1. The molecule has 0 rings (SSSR count). The summed E-state index contributed by atoms with van der Waals surface area (Å²) in [6.45, 7) is 6.98. The fourth-order valence-corrected chi connectivity index (χ4v) is 2.85. The predicted molar refractivity (Wildman–Crippen MR) is 65.9 cm³/mol. The van der Waals surface area contributed by atoms with E-state index >= 15 is 0 Å². The molecule has 0 amide bonds. The van der Waals surface area contributed by atoms with Crippen LogP contribution in [0, 0.1) is 5.92 Å². The van der Waals surface area contributed by atoms with Crippen molar-refractivity contribution in [1.82, 2.24) is 8.61 Å². The highest BCUT2D eigenvalue weighted by atomic mass is 32.2. The smallest absolute Gasteiger partial charge is 0.307 e.